The molecule has 0 atom stereocenters. The monoisotopic (exact) mass is 280 g/mol. The molecule has 0 spiro atoms. The summed E-state index contributed by atoms with van der Waals surface area (Å²) >= 11 is 0. The maximum absolute atomic E-state index is 5.99. The molecule has 0 unspecified atom stereocenters. The van der Waals surface area contributed by atoms with E-state index in [-0.39, 0.29) is 0 Å². The smallest absolute Gasteiger partial charge is 0.142 e. The highest BCUT2D eigenvalue weighted by Gasteiger charge is 2.02. The predicted molar refractivity (Wildman–Crippen MR) is 84.3 cm³/mol. The van der Waals surface area contributed by atoms with Crippen LogP contribution in [0.25, 0.3) is 0 Å². The van der Waals surface area contributed by atoms with E-state index in [9.17, 15) is 0 Å². The minimum atomic E-state index is 0.717. The van der Waals surface area contributed by atoms with Gasteiger partial charge in [0.15, 0.2) is 0 Å². The third-order valence-electron chi connectivity index (χ3n) is 3.06. The van der Waals surface area contributed by atoms with Gasteiger partial charge in [0, 0.05) is 13.7 Å². The molecule has 0 aromatic heterocycles. The topological polar surface area (TPSA) is 56.5 Å². The Bertz CT molecular complexity index is 369. The van der Waals surface area contributed by atoms with E-state index < -0.39 is 0 Å². The molecule has 0 saturated heterocycles. The molecule has 0 saturated carbocycles. The Balaban J connectivity index is 2.22. The van der Waals surface area contributed by atoms with E-state index in [1.54, 1.807) is 7.11 Å². The average molecular weight is 280 g/mol. The van der Waals surface area contributed by atoms with Crippen LogP contribution in [0.1, 0.15) is 31.7 Å². The van der Waals surface area contributed by atoms with Crippen LogP contribution in [0.5, 0.6) is 5.75 Å². The number of ether oxygens (including phenoxy) is 2. The second-order valence-corrected chi connectivity index (χ2v) is 4.92. The molecule has 20 heavy (non-hydrogen) atoms. The second-order valence-electron chi connectivity index (χ2n) is 4.92. The minimum absolute atomic E-state index is 0.717. The number of hydrogen-bond donors (Lipinski definition) is 2. The van der Waals surface area contributed by atoms with E-state index in [1.807, 2.05) is 12.1 Å². The van der Waals surface area contributed by atoms with Gasteiger partial charge in [-0.15, -0.1) is 0 Å². The maximum atomic E-state index is 5.99. The maximum Gasteiger partial charge on any atom is 0.142 e. The molecule has 114 valence electrons. The normalized spacial score (nSPS) is 10.7. The number of rotatable bonds is 11. The van der Waals surface area contributed by atoms with Crippen LogP contribution in [-0.2, 0) is 11.2 Å². The van der Waals surface area contributed by atoms with Crippen LogP contribution in [0, 0.1) is 0 Å². The lowest BCUT2D eigenvalue weighted by Gasteiger charge is -2.10. The summed E-state index contributed by atoms with van der Waals surface area (Å²) < 4.78 is 10.6. The van der Waals surface area contributed by atoms with Gasteiger partial charge >= 0.3 is 0 Å². The Hall–Kier alpha value is -1.26. The highest BCUT2D eigenvalue weighted by Crippen LogP contribution is 2.23. The van der Waals surface area contributed by atoms with Gasteiger partial charge in [0.2, 0.25) is 0 Å². The van der Waals surface area contributed by atoms with Crippen molar-refractivity contribution in [1.29, 1.82) is 0 Å². The molecule has 4 heteroatoms. The summed E-state index contributed by atoms with van der Waals surface area (Å²) in [5.74, 6) is 0.799. The van der Waals surface area contributed by atoms with Crippen molar-refractivity contribution in [3.05, 3.63) is 23.8 Å². The first-order valence-corrected chi connectivity index (χ1v) is 7.48. The molecule has 1 aromatic carbocycles. The number of nitrogen functional groups attached to an aromatic ring is 1. The molecule has 0 fully saturated rings. The van der Waals surface area contributed by atoms with Crippen molar-refractivity contribution in [1.82, 2.24) is 5.32 Å². The van der Waals surface area contributed by atoms with E-state index in [1.165, 1.54) is 5.56 Å². The first-order chi connectivity index (χ1) is 9.77. The summed E-state index contributed by atoms with van der Waals surface area (Å²) in [7, 11) is 1.73. The van der Waals surface area contributed by atoms with E-state index in [4.69, 9.17) is 15.2 Å². The second kappa shape index (κ2) is 10.5. The van der Waals surface area contributed by atoms with Crippen LogP contribution in [-0.4, -0.2) is 33.4 Å². The fourth-order valence-electron chi connectivity index (χ4n) is 1.98. The Morgan fingerprint density at radius 1 is 1.15 bits per heavy atom. The SMILES string of the molecule is CCCOc1ccc(CCCNCCCOC)cc1N. The third kappa shape index (κ3) is 6.78. The van der Waals surface area contributed by atoms with Gasteiger partial charge in [-0.25, -0.2) is 0 Å². The fourth-order valence-corrected chi connectivity index (χ4v) is 1.98. The number of aryl methyl sites for hydroxylation is 1. The highest BCUT2D eigenvalue weighted by atomic mass is 16.5. The lowest BCUT2D eigenvalue weighted by Crippen LogP contribution is -2.18. The molecule has 4 nitrogen and oxygen atoms in total. The molecule has 0 aliphatic rings. The summed E-state index contributed by atoms with van der Waals surface area (Å²) in [6.07, 6.45) is 4.21. The van der Waals surface area contributed by atoms with Crippen LogP contribution in [0.3, 0.4) is 0 Å². The quantitative estimate of drug-likeness (QED) is 0.483. The number of methoxy groups -OCH3 is 1. The zero-order valence-electron chi connectivity index (χ0n) is 12.8. The van der Waals surface area contributed by atoms with E-state index in [0.29, 0.717) is 0 Å². The number of benzene rings is 1. The molecular formula is C16H28N2O2. The average Bonchev–Trinajstić information content (AvgIpc) is 2.45. The summed E-state index contributed by atoms with van der Waals surface area (Å²) in [4.78, 5) is 0. The van der Waals surface area contributed by atoms with Crippen molar-refractivity contribution in [3.8, 4) is 5.75 Å². The van der Waals surface area contributed by atoms with Crippen LogP contribution >= 0.6 is 0 Å². The van der Waals surface area contributed by atoms with Crippen molar-refractivity contribution < 1.29 is 9.47 Å². The van der Waals surface area contributed by atoms with Crippen LogP contribution in [0.2, 0.25) is 0 Å². The summed E-state index contributed by atoms with van der Waals surface area (Å²) in [6.45, 7) is 5.67. The van der Waals surface area contributed by atoms with Gasteiger partial charge in [-0.05, 0) is 56.5 Å². The zero-order valence-corrected chi connectivity index (χ0v) is 12.8. The van der Waals surface area contributed by atoms with Crippen LogP contribution in [0.15, 0.2) is 18.2 Å². The molecule has 3 N–H and O–H groups in total. The van der Waals surface area contributed by atoms with E-state index in [2.05, 4.69) is 18.3 Å². The van der Waals surface area contributed by atoms with Gasteiger partial charge in [-0.1, -0.05) is 13.0 Å². The standard InChI is InChI=1S/C16H28N2O2/c1-3-11-20-16-8-7-14(13-15(16)17)6-4-9-18-10-5-12-19-2/h7-8,13,18H,3-6,9-12,17H2,1-2H3. The lowest BCUT2D eigenvalue weighted by atomic mass is 10.1. The van der Waals surface area contributed by atoms with Gasteiger partial charge < -0.3 is 20.5 Å². The number of nitrogens with one attached hydrogen (secondary N) is 1. The first-order valence-electron chi connectivity index (χ1n) is 7.48. The predicted octanol–water partition coefficient (Wildman–Crippen LogP) is 2.62. The summed E-state index contributed by atoms with van der Waals surface area (Å²) in [6, 6.07) is 6.11. The van der Waals surface area contributed by atoms with Crippen LogP contribution < -0.4 is 15.8 Å². The largest absolute Gasteiger partial charge is 0.491 e. The Labute approximate surface area is 122 Å². The van der Waals surface area contributed by atoms with Crippen LogP contribution in [0.4, 0.5) is 5.69 Å². The van der Waals surface area contributed by atoms with Crippen molar-refractivity contribution in [2.75, 3.05) is 39.1 Å². The Kier molecular flexibility index (Phi) is 8.83. The van der Waals surface area contributed by atoms with Crippen molar-refractivity contribution >= 4 is 5.69 Å². The van der Waals surface area contributed by atoms with Crippen molar-refractivity contribution in [3.63, 3.8) is 0 Å². The van der Waals surface area contributed by atoms with E-state index in [0.717, 1.165) is 63.4 Å². The van der Waals surface area contributed by atoms with Gasteiger partial charge in [0.1, 0.15) is 5.75 Å². The molecule has 1 rings (SSSR count). The van der Waals surface area contributed by atoms with Gasteiger partial charge in [0.05, 0.1) is 12.3 Å². The van der Waals surface area contributed by atoms with Gasteiger partial charge in [-0.3, -0.25) is 0 Å². The zero-order chi connectivity index (χ0) is 14.6. The van der Waals surface area contributed by atoms with Crippen molar-refractivity contribution in [2.24, 2.45) is 0 Å². The van der Waals surface area contributed by atoms with Gasteiger partial charge in [-0.2, -0.15) is 0 Å². The Morgan fingerprint density at radius 2 is 1.95 bits per heavy atom. The molecule has 0 radical (unpaired) electrons. The number of nitrogens with two attached hydrogens (primary N) is 1. The molecule has 0 heterocycles. The molecule has 0 aliphatic heterocycles. The minimum Gasteiger partial charge on any atom is -0.491 e. The summed E-state index contributed by atoms with van der Waals surface area (Å²) in [5.41, 5.74) is 8.00. The molecule has 0 aliphatic carbocycles. The molecular weight excluding hydrogens is 252 g/mol. The number of anilines is 1. The molecule has 1 aromatic rings. The Morgan fingerprint density at radius 3 is 2.65 bits per heavy atom. The molecule has 0 amide bonds. The third-order valence-corrected chi connectivity index (χ3v) is 3.06. The molecule has 0 bridgehead atoms. The van der Waals surface area contributed by atoms with Crippen molar-refractivity contribution in [2.45, 2.75) is 32.6 Å². The summed E-state index contributed by atoms with van der Waals surface area (Å²) in [5, 5.41) is 3.41. The van der Waals surface area contributed by atoms with E-state index >= 15 is 0 Å². The fraction of sp³-hybridized carbons (Fsp3) is 0.625. The van der Waals surface area contributed by atoms with Gasteiger partial charge in [0.25, 0.3) is 0 Å². The number of hydrogen-bond acceptors (Lipinski definition) is 4. The lowest BCUT2D eigenvalue weighted by molar-refractivity contribution is 0.194. The highest BCUT2D eigenvalue weighted by molar-refractivity contribution is 5.54. The first kappa shape index (κ1) is 16.8.